The Hall–Kier alpha value is -3.37. The van der Waals surface area contributed by atoms with Gasteiger partial charge in [-0.3, -0.25) is 4.79 Å². The van der Waals surface area contributed by atoms with Gasteiger partial charge in [0.25, 0.3) is 5.91 Å². The molecule has 0 N–H and O–H groups in total. The molecule has 0 bridgehead atoms. The van der Waals surface area contributed by atoms with Crippen LogP contribution in [0.5, 0.6) is 0 Å². The molecule has 0 atom stereocenters. The van der Waals surface area contributed by atoms with Crippen molar-refractivity contribution in [2.75, 3.05) is 0 Å². The maximum absolute atomic E-state index is 13.1. The van der Waals surface area contributed by atoms with Crippen molar-refractivity contribution < 1.29 is 14.3 Å². The van der Waals surface area contributed by atoms with Crippen LogP contribution in [0, 0.1) is 0 Å². The van der Waals surface area contributed by atoms with E-state index >= 15 is 0 Å². The lowest BCUT2D eigenvalue weighted by molar-refractivity contribution is -0.123. The molecule has 1 heterocycles. The SMILES string of the molecule is O=C1OC(=C(c2ccccc2)c2ccc(Cl)cc2)C(=O)N1Cc1ccccc1. The molecule has 0 aromatic heterocycles. The number of halogens is 1. The van der Waals surface area contributed by atoms with Crippen LogP contribution in [0.25, 0.3) is 5.57 Å². The highest BCUT2D eigenvalue weighted by Crippen LogP contribution is 2.33. The van der Waals surface area contributed by atoms with Gasteiger partial charge < -0.3 is 4.74 Å². The van der Waals surface area contributed by atoms with Gasteiger partial charge in [0.1, 0.15) is 0 Å². The van der Waals surface area contributed by atoms with E-state index in [9.17, 15) is 9.59 Å². The molecule has 2 amide bonds. The van der Waals surface area contributed by atoms with Gasteiger partial charge in [-0.05, 0) is 28.8 Å². The second-order valence-electron chi connectivity index (χ2n) is 6.32. The number of hydrogen-bond acceptors (Lipinski definition) is 3. The fourth-order valence-electron chi connectivity index (χ4n) is 3.10. The molecule has 0 radical (unpaired) electrons. The van der Waals surface area contributed by atoms with Crippen LogP contribution >= 0.6 is 11.6 Å². The number of nitrogens with zero attached hydrogens (tertiary/aromatic N) is 1. The van der Waals surface area contributed by atoms with Crippen LogP contribution < -0.4 is 0 Å². The van der Waals surface area contributed by atoms with E-state index in [1.807, 2.05) is 60.7 Å². The fraction of sp³-hybridized carbons (Fsp3) is 0.0435. The smallest absolute Gasteiger partial charge is 0.403 e. The molecule has 1 fully saturated rings. The third-order valence-electron chi connectivity index (χ3n) is 4.46. The highest BCUT2D eigenvalue weighted by atomic mass is 35.5. The van der Waals surface area contributed by atoms with Crippen LogP contribution in [0.15, 0.2) is 90.7 Å². The third kappa shape index (κ3) is 3.55. The Bertz CT molecular complexity index is 1040. The molecule has 1 saturated heterocycles. The van der Waals surface area contributed by atoms with E-state index in [4.69, 9.17) is 16.3 Å². The molecule has 3 aromatic rings. The van der Waals surface area contributed by atoms with Gasteiger partial charge in [-0.15, -0.1) is 0 Å². The summed E-state index contributed by atoms with van der Waals surface area (Å²) in [7, 11) is 0. The van der Waals surface area contributed by atoms with Gasteiger partial charge in [0.05, 0.1) is 6.54 Å². The summed E-state index contributed by atoms with van der Waals surface area (Å²) in [5.74, 6) is -0.433. The Labute approximate surface area is 167 Å². The molecule has 3 aromatic carbocycles. The van der Waals surface area contributed by atoms with Crippen molar-refractivity contribution >= 4 is 29.2 Å². The van der Waals surface area contributed by atoms with Crippen molar-refractivity contribution in [3.8, 4) is 0 Å². The summed E-state index contributed by atoms with van der Waals surface area (Å²) in [6.45, 7) is 0.157. The summed E-state index contributed by atoms with van der Waals surface area (Å²) in [5, 5.41) is 0.585. The summed E-state index contributed by atoms with van der Waals surface area (Å²) in [4.78, 5) is 26.6. The van der Waals surface area contributed by atoms with Crippen molar-refractivity contribution in [1.29, 1.82) is 0 Å². The zero-order chi connectivity index (χ0) is 19.5. The molecule has 1 aliphatic heterocycles. The molecule has 0 unspecified atom stereocenters. The Morgan fingerprint density at radius 3 is 2.00 bits per heavy atom. The Morgan fingerprint density at radius 2 is 1.36 bits per heavy atom. The summed E-state index contributed by atoms with van der Waals surface area (Å²) >= 11 is 6.01. The van der Waals surface area contributed by atoms with Gasteiger partial charge in [-0.1, -0.05) is 84.4 Å². The largest absolute Gasteiger partial charge is 0.422 e. The number of ether oxygens (including phenoxy) is 1. The summed E-state index contributed by atoms with van der Waals surface area (Å²) < 4.78 is 5.44. The van der Waals surface area contributed by atoms with E-state index < -0.39 is 12.0 Å². The first kappa shape index (κ1) is 18.0. The highest BCUT2D eigenvalue weighted by Gasteiger charge is 2.39. The van der Waals surface area contributed by atoms with Crippen LogP contribution in [0.4, 0.5) is 4.79 Å². The average Bonchev–Trinajstić information content (AvgIpc) is 2.99. The minimum Gasteiger partial charge on any atom is -0.403 e. The van der Waals surface area contributed by atoms with E-state index in [1.165, 1.54) is 0 Å². The lowest BCUT2D eigenvalue weighted by Crippen LogP contribution is -2.28. The van der Waals surface area contributed by atoms with E-state index in [-0.39, 0.29) is 12.3 Å². The molecule has 4 nitrogen and oxygen atoms in total. The first-order valence-electron chi connectivity index (χ1n) is 8.77. The maximum Gasteiger partial charge on any atom is 0.422 e. The number of cyclic esters (lactones) is 1. The van der Waals surface area contributed by atoms with Crippen LogP contribution in [-0.4, -0.2) is 16.9 Å². The van der Waals surface area contributed by atoms with Gasteiger partial charge in [-0.25, -0.2) is 9.69 Å². The number of carbonyl (C=O) groups excluding carboxylic acids is 2. The van der Waals surface area contributed by atoms with Crippen molar-refractivity contribution in [1.82, 2.24) is 4.90 Å². The van der Waals surface area contributed by atoms with E-state index in [0.717, 1.165) is 21.6 Å². The minimum absolute atomic E-state index is 0.0226. The van der Waals surface area contributed by atoms with Crippen LogP contribution in [-0.2, 0) is 16.1 Å². The van der Waals surface area contributed by atoms with Gasteiger partial charge >= 0.3 is 6.09 Å². The highest BCUT2D eigenvalue weighted by molar-refractivity contribution is 6.30. The predicted molar refractivity (Wildman–Crippen MR) is 107 cm³/mol. The topological polar surface area (TPSA) is 46.6 Å². The van der Waals surface area contributed by atoms with Crippen LogP contribution in [0.3, 0.4) is 0 Å². The standard InChI is InChI=1S/C23H16ClNO3/c24-19-13-11-18(12-14-19)20(17-9-5-2-6-10-17)21-22(26)25(23(27)28-21)15-16-7-3-1-4-8-16/h1-14H,15H2. The molecule has 1 aliphatic rings. The minimum atomic E-state index is -0.675. The second kappa shape index (κ2) is 7.71. The molecule has 138 valence electrons. The fourth-order valence-corrected chi connectivity index (χ4v) is 3.23. The zero-order valence-electron chi connectivity index (χ0n) is 14.8. The van der Waals surface area contributed by atoms with E-state index in [1.54, 1.807) is 24.3 Å². The Balaban J connectivity index is 1.79. The molecule has 0 spiro atoms. The first-order chi connectivity index (χ1) is 13.6. The predicted octanol–water partition coefficient (Wildman–Crippen LogP) is 5.28. The molecule has 0 saturated carbocycles. The number of rotatable bonds is 4. The molecule has 0 aliphatic carbocycles. The Kier molecular flexibility index (Phi) is 4.96. The number of carbonyl (C=O) groups is 2. The summed E-state index contributed by atoms with van der Waals surface area (Å²) in [5.41, 5.74) is 2.93. The molecule has 4 rings (SSSR count). The second-order valence-corrected chi connectivity index (χ2v) is 6.76. The quantitative estimate of drug-likeness (QED) is 0.570. The summed E-state index contributed by atoms with van der Waals surface area (Å²) in [6.07, 6.45) is -0.675. The molecule has 28 heavy (non-hydrogen) atoms. The van der Waals surface area contributed by atoms with Gasteiger partial charge in [0, 0.05) is 10.6 Å². The van der Waals surface area contributed by atoms with Gasteiger partial charge in [-0.2, -0.15) is 0 Å². The summed E-state index contributed by atoms with van der Waals surface area (Å²) in [6, 6.07) is 25.8. The van der Waals surface area contributed by atoms with Crippen LogP contribution in [0.2, 0.25) is 5.02 Å². The third-order valence-corrected chi connectivity index (χ3v) is 4.71. The average molecular weight is 390 g/mol. The lowest BCUT2D eigenvalue weighted by Gasteiger charge is -2.11. The van der Waals surface area contributed by atoms with Gasteiger partial charge in [0.15, 0.2) is 0 Å². The number of hydrogen-bond donors (Lipinski definition) is 0. The Morgan fingerprint density at radius 1 is 0.786 bits per heavy atom. The first-order valence-corrected chi connectivity index (χ1v) is 9.14. The van der Waals surface area contributed by atoms with Gasteiger partial charge in [0.2, 0.25) is 5.76 Å². The lowest BCUT2D eigenvalue weighted by atomic mass is 9.96. The van der Waals surface area contributed by atoms with E-state index in [2.05, 4.69) is 0 Å². The normalized spacial score (nSPS) is 15.5. The molecular weight excluding hydrogens is 374 g/mol. The monoisotopic (exact) mass is 389 g/mol. The van der Waals surface area contributed by atoms with Crippen molar-refractivity contribution in [2.24, 2.45) is 0 Å². The van der Waals surface area contributed by atoms with E-state index in [0.29, 0.717) is 10.6 Å². The van der Waals surface area contributed by atoms with Crippen molar-refractivity contribution in [3.05, 3.63) is 112 Å². The van der Waals surface area contributed by atoms with Crippen molar-refractivity contribution in [2.45, 2.75) is 6.54 Å². The number of benzene rings is 3. The number of amides is 2. The maximum atomic E-state index is 13.1. The molecule has 5 heteroatoms. The van der Waals surface area contributed by atoms with Crippen molar-refractivity contribution in [3.63, 3.8) is 0 Å². The molecular formula is C23H16ClNO3. The zero-order valence-corrected chi connectivity index (χ0v) is 15.6. The van der Waals surface area contributed by atoms with Crippen LogP contribution in [0.1, 0.15) is 16.7 Å². The number of imide groups is 1.